The molecular formula is C25H29F3N4. The Morgan fingerprint density at radius 2 is 1.50 bits per heavy atom. The van der Waals surface area contributed by atoms with Crippen molar-refractivity contribution in [3.05, 3.63) is 71.4 Å². The second kappa shape index (κ2) is 10.5. The zero-order valence-corrected chi connectivity index (χ0v) is 18.6. The molecule has 0 aliphatic heterocycles. The van der Waals surface area contributed by atoms with Gasteiger partial charge in [-0.2, -0.15) is 18.2 Å². The molecule has 3 rings (SSSR count). The number of anilines is 4. The summed E-state index contributed by atoms with van der Waals surface area (Å²) in [5, 5.41) is 5.80. The van der Waals surface area contributed by atoms with Gasteiger partial charge in [0.05, 0.1) is 0 Å². The van der Waals surface area contributed by atoms with Crippen molar-refractivity contribution in [3.8, 4) is 0 Å². The maximum atomic E-state index is 13.5. The van der Waals surface area contributed by atoms with Crippen LogP contribution >= 0.6 is 0 Å². The van der Waals surface area contributed by atoms with E-state index in [1.54, 1.807) is 12.1 Å². The molecule has 0 radical (unpaired) electrons. The number of benzene rings is 2. The third kappa shape index (κ3) is 6.45. The molecule has 32 heavy (non-hydrogen) atoms. The minimum Gasteiger partial charge on any atom is -0.340 e. The van der Waals surface area contributed by atoms with Gasteiger partial charge >= 0.3 is 6.18 Å². The molecule has 0 amide bonds. The monoisotopic (exact) mass is 442 g/mol. The van der Waals surface area contributed by atoms with Crippen molar-refractivity contribution in [1.82, 2.24) is 9.97 Å². The Morgan fingerprint density at radius 1 is 0.875 bits per heavy atom. The summed E-state index contributed by atoms with van der Waals surface area (Å²) in [5.41, 5.74) is 2.67. The van der Waals surface area contributed by atoms with Gasteiger partial charge in [-0.25, -0.2) is 4.98 Å². The molecule has 0 bridgehead atoms. The van der Waals surface area contributed by atoms with Crippen LogP contribution in [0.3, 0.4) is 0 Å². The third-order valence-corrected chi connectivity index (χ3v) is 5.21. The van der Waals surface area contributed by atoms with Crippen LogP contribution in [0.4, 0.5) is 36.3 Å². The molecule has 0 fully saturated rings. The second-order valence-electron chi connectivity index (χ2n) is 8.13. The molecule has 2 aromatic carbocycles. The number of nitrogens with one attached hydrogen (secondary N) is 2. The first-order chi connectivity index (χ1) is 15.3. The topological polar surface area (TPSA) is 49.8 Å². The predicted molar refractivity (Wildman–Crippen MR) is 124 cm³/mol. The van der Waals surface area contributed by atoms with Crippen LogP contribution in [-0.2, 0) is 12.6 Å². The first-order valence-electron chi connectivity index (χ1n) is 10.9. The molecule has 3 aromatic rings. The van der Waals surface area contributed by atoms with Gasteiger partial charge in [0.1, 0.15) is 11.4 Å². The lowest BCUT2D eigenvalue weighted by molar-refractivity contribution is -0.137. The molecule has 7 heteroatoms. The minimum atomic E-state index is -4.57. The average Bonchev–Trinajstić information content (AvgIpc) is 2.75. The van der Waals surface area contributed by atoms with Crippen LogP contribution in [-0.4, -0.2) is 9.97 Å². The van der Waals surface area contributed by atoms with Gasteiger partial charge in [0.15, 0.2) is 0 Å². The van der Waals surface area contributed by atoms with Crippen LogP contribution < -0.4 is 10.6 Å². The molecule has 0 unspecified atom stereocenters. The van der Waals surface area contributed by atoms with Crippen LogP contribution in [0.5, 0.6) is 0 Å². The van der Waals surface area contributed by atoms with Crippen molar-refractivity contribution >= 4 is 23.1 Å². The Morgan fingerprint density at radius 3 is 2.09 bits per heavy atom. The van der Waals surface area contributed by atoms with E-state index < -0.39 is 11.7 Å². The highest BCUT2D eigenvalue weighted by molar-refractivity contribution is 5.63. The number of nitrogens with zero attached hydrogens (tertiary/aromatic N) is 2. The summed E-state index contributed by atoms with van der Waals surface area (Å²) in [5.74, 6) is 0.143. The van der Waals surface area contributed by atoms with Crippen LogP contribution in [0, 0.1) is 0 Å². The summed E-state index contributed by atoms with van der Waals surface area (Å²) >= 11 is 0. The SMILES string of the molecule is CCCCCc1ccc(Nc2ncc(C(F)(F)F)c(Nc3ccc(C(C)C)cc3)n2)cc1. The van der Waals surface area contributed by atoms with Crippen LogP contribution in [0.25, 0.3) is 0 Å². The Kier molecular flexibility index (Phi) is 7.72. The van der Waals surface area contributed by atoms with Crippen molar-refractivity contribution < 1.29 is 13.2 Å². The van der Waals surface area contributed by atoms with Gasteiger partial charge in [-0.3, -0.25) is 0 Å². The first-order valence-corrected chi connectivity index (χ1v) is 10.9. The van der Waals surface area contributed by atoms with E-state index in [1.165, 1.54) is 18.4 Å². The van der Waals surface area contributed by atoms with Gasteiger partial charge in [-0.1, -0.05) is 57.9 Å². The molecule has 0 spiro atoms. The molecule has 0 aliphatic rings. The summed E-state index contributed by atoms with van der Waals surface area (Å²) in [4.78, 5) is 8.00. The molecule has 170 valence electrons. The van der Waals surface area contributed by atoms with Gasteiger partial charge in [0.25, 0.3) is 0 Å². The molecular weight excluding hydrogens is 413 g/mol. The third-order valence-electron chi connectivity index (χ3n) is 5.21. The number of rotatable bonds is 9. The van der Waals surface area contributed by atoms with Crippen LogP contribution in [0.2, 0.25) is 0 Å². The smallest absolute Gasteiger partial charge is 0.340 e. The summed E-state index contributed by atoms with van der Waals surface area (Å²) < 4.78 is 40.5. The van der Waals surface area contributed by atoms with Crippen molar-refractivity contribution in [2.45, 2.75) is 58.5 Å². The standard InChI is InChI=1S/C25H29F3N4/c1-4-5-6-7-18-8-12-21(13-9-18)31-24-29-16-22(25(26,27)28)23(32-24)30-20-14-10-19(11-15-20)17(2)3/h8-17H,4-7H2,1-3H3,(H2,29,30,31,32). The molecule has 4 nitrogen and oxygen atoms in total. The van der Waals surface area contributed by atoms with E-state index in [0.717, 1.165) is 30.3 Å². The molecule has 0 aliphatic carbocycles. The zero-order chi connectivity index (χ0) is 23.1. The normalized spacial score (nSPS) is 11.6. The fourth-order valence-corrected chi connectivity index (χ4v) is 3.30. The number of halogens is 3. The number of alkyl halides is 3. The van der Waals surface area contributed by atoms with Crippen molar-refractivity contribution in [2.75, 3.05) is 10.6 Å². The van der Waals surface area contributed by atoms with Crippen molar-refractivity contribution in [3.63, 3.8) is 0 Å². The maximum absolute atomic E-state index is 13.5. The van der Waals surface area contributed by atoms with Gasteiger partial charge in [0, 0.05) is 17.6 Å². The maximum Gasteiger partial charge on any atom is 0.421 e. The number of hydrogen-bond donors (Lipinski definition) is 2. The highest BCUT2D eigenvalue weighted by atomic mass is 19.4. The zero-order valence-electron chi connectivity index (χ0n) is 18.6. The highest BCUT2D eigenvalue weighted by Gasteiger charge is 2.35. The first kappa shape index (κ1) is 23.6. The fourth-order valence-electron chi connectivity index (χ4n) is 3.30. The average molecular weight is 443 g/mol. The summed E-state index contributed by atoms with van der Waals surface area (Å²) in [7, 11) is 0. The molecule has 0 atom stereocenters. The van der Waals surface area contributed by atoms with Crippen LogP contribution in [0.1, 0.15) is 62.6 Å². The molecule has 1 heterocycles. The van der Waals surface area contributed by atoms with E-state index in [4.69, 9.17) is 0 Å². The Hall–Kier alpha value is -3.09. The van der Waals surface area contributed by atoms with E-state index in [2.05, 4.69) is 41.4 Å². The summed E-state index contributed by atoms with van der Waals surface area (Å²) in [6.45, 7) is 6.29. The summed E-state index contributed by atoms with van der Waals surface area (Å²) in [6.07, 6.45) is 0.740. The molecule has 1 aromatic heterocycles. The van der Waals surface area contributed by atoms with E-state index in [1.807, 2.05) is 36.4 Å². The fraction of sp³-hybridized carbons (Fsp3) is 0.360. The van der Waals surface area contributed by atoms with E-state index in [-0.39, 0.29) is 11.8 Å². The quantitative estimate of drug-likeness (QED) is 0.331. The predicted octanol–water partition coefficient (Wildman–Crippen LogP) is 7.84. The molecule has 2 N–H and O–H groups in total. The Bertz CT molecular complexity index is 997. The minimum absolute atomic E-state index is 0.0954. The largest absolute Gasteiger partial charge is 0.421 e. The number of unbranched alkanes of at least 4 members (excludes halogenated alkanes) is 2. The molecule has 0 saturated carbocycles. The van der Waals surface area contributed by atoms with Gasteiger partial charge in [-0.15, -0.1) is 0 Å². The second-order valence-corrected chi connectivity index (χ2v) is 8.13. The van der Waals surface area contributed by atoms with E-state index >= 15 is 0 Å². The van der Waals surface area contributed by atoms with Crippen molar-refractivity contribution in [2.24, 2.45) is 0 Å². The lowest BCUT2D eigenvalue weighted by Crippen LogP contribution is -2.12. The Balaban J connectivity index is 1.79. The Labute approximate surface area is 187 Å². The van der Waals surface area contributed by atoms with Gasteiger partial charge < -0.3 is 10.6 Å². The van der Waals surface area contributed by atoms with Crippen molar-refractivity contribution in [1.29, 1.82) is 0 Å². The number of aryl methyl sites for hydroxylation is 1. The number of aromatic nitrogens is 2. The molecule has 0 saturated heterocycles. The van der Waals surface area contributed by atoms with Gasteiger partial charge in [0.2, 0.25) is 5.95 Å². The lowest BCUT2D eigenvalue weighted by atomic mass is 10.0. The number of hydrogen-bond acceptors (Lipinski definition) is 4. The summed E-state index contributed by atoms with van der Waals surface area (Å²) in [6, 6.07) is 15.1. The van der Waals surface area contributed by atoms with Crippen LogP contribution in [0.15, 0.2) is 54.7 Å². The lowest BCUT2D eigenvalue weighted by Gasteiger charge is -2.15. The van der Waals surface area contributed by atoms with Gasteiger partial charge in [-0.05, 0) is 54.2 Å². The van der Waals surface area contributed by atoms with E-state index in [0.29, 0.717) is 11.6 Å². The van der Waals surface area contributed by atoms with E-state index in [9.17, 15) is 13.2 Å². The highest BCUT2D eigenvalue weighted by Crippen LogP contribution is 2.35.